The third kappa shape index (κ3) is 5.95. The van der Waals surface area contributed by atoms with Crippen molar-refractivity contribution >= 4 is 12.1 Å². The third-order valence-corrected chi connectivity index (χ3v) is 2.50. The first-order valence-corrected chi connectivity index (χ1v) is 6.40. The van der Waals surface area contributed by atoms with E-state index in [1.807, 2.05) is 6.07 Å². The molecule has 1 rings (SSSR count). The summed E-state index contributed by atoms with van der Waals surface area (Å²) in [4.78, 5) is 22.7. The van der Waals surface area contributed by atoms with Gasteiger partial charge in [-0.3, -0.25) is 0 Å². The van der Waals surface area contributed by atoms with E-state index in [9.17, 15) is 14.7 Å². The van der Waals surface area contributed by atoms with Crippen LogP contribution in [0.5, 0.6) is 0 Å². The number of benzene rings is 1. The van der Waals surface area contributed by atoms with Gasteiger partial charge in [0.1, 0.15) is 5.60 Å². The minimum Gasteiger partial charge on any atom is -0.548 e. The van der Waals surface area contributed by atoms with Crippen LogP contribution in [0.3, 0.4) is 0 Å². The molecule has 1 aromatic carbocycles. The number of hydrogen-bond acceptors (Lipinski definition) is 5. The number of nitriles is 1. The Morgan fingerprint density at radius 1 is 1.33 bits per heavy atom. The normalized spacial score (nSPS) is 12.1. The fourth-order valence-electron chi connectivity index (χ4n) is 1.59. The Balaban J connectivity index is 2.72. The summed E-state index contributed by atoms with van der Waals surface area (Å²) in [5.41, 5.74) is 0.428. The molecule has 112 valence electrons. The van der Waals surface area contributed by atoms with Gasteiger partial charge in [0.15, 0.2) is 0 Å². The van der Waals surface area contributed by atoms with Crippen molar-refractivity contribution in [1.82, 2.24) is 5.32 Å². The number of carbonyl (C=O) groups excluding carboxylic acids is 2. The molecule has 0 aliphatic rings. The maximum atomic E-state index is 11.6. The number of rotatable bonds is 4. The average Bonchev–Trinajstić information content (AvgIpc) is 2.36. The first-order chi connectivity index (χ1) is 9.71. The lowest BCUT2D eigenvalue weighted by atomic mass is 10.0. The van der Waals surface area contributed by atoms with E-state index >= 15 is 0 Å². The van der Waals surface area contributed by atoms with Gasteiger partial charge in [-0.15, -0.1) is 0 Å². The van der Waals surface area contributed by atoms with Gasteiger partial charge in [0, 0.05) is 0 Å². The summed E-state index contributed by atoms with van der Waals surface area (Å²) in [6, 6.07) is 7.19. The maximum absolute atomic E-state index is 11.6. The van der Waals surface area contributed by atoms with Gasteiger partial charge >= 0.3 is 6.09 Å². The molecule has 6 heteroatoms. The highest BCUT2D eigenvalue weighted by molar-refractivity contribution is 5.79. The van der Waals surface area contributed by atoms with Gasteiger partial charge < -0.3 is 20.0 Å². The van der Waals surface area contributed by atoms with E-state index in [1.54, 1.807) is 45.0 Å². The molecule has 1 aromatic rings. The van der Waals surface area contributed by atoms with E-state index in [2.05, 4.69) is 5.32 Å². The van der Waals surface area contributed by atoms with Crippen molar-refractivity contribution in [3.05, 3.63) is 35.4 Å². The lowest BCUT2D eigenvalue weighted by Gasteiger charge is -2.24. The number of ether oxygens (including phenoxy) is 1. The molecule has 0 unspecified atom stereocenters. The zero-order valence-electron chi connectivity index (χ0n) is 12.2. The fraction of sp³-hybridized carbons (Fsp3) is 0.400. The Morgan fingerprint density at radius 2 is 1.90 bits per heavy atom. The zero-order chi connectivity index (χ0) is 16.0. The Bertz CT molecular complexity index is 553. The van der Waals surface area contributed by atoms with Gasteiger partial charge in [-0.2, -0.15) is 5.26 Å². The van der Waals surface area contributed by atoms with Crippen LogP contribution in [0.1, 0.15) is 31.9 Å². The summed E-state index contributed by atoms with van der Waals surface area (Å²) >= 11 is 0. The molecule has 0 aromatic heterocycles. The molecule has 1 amide bonds. The maximum Gasteiger partial charge on any atom is 0.408 e. The van der Waals surface area contributed by atoms with Crippen molar-refractivity contribution in [3.63, 3.8) is 0 Å². The predicted molar refractivity (Wildman–Crippen MR) is 73.0 cm³/mol. The monoisotopic (exact) mass is 289 g/mol. The molecule has 0 radical (unpaired) electrons. The van der Waals surface area contributed by atoms with Crippen LogP contribution in [-0.4, -0.2) is 23.7 Å². The zero-order valence-corrected chi connectivity index (χ0v) is 12.2. The van der Waals surface area contributed by atoms with E-state index in [1.165, 1.54) is 0 Å². The van der Waals surface area contributed by atoms with E-state index < -0.39 is 23.7 Å². The van der Waals surface area contributed by atoms with Gasteiger partial charge in [0.25, 0.3) is 0 Å². The van der Waals surface area contributed by atoms with E-state index in [4.69, 9.17) is 10.00 Å². The standard InChI is InChI=1S/C15H18N2O4/c1-15(2,3)21-14(20)17-12(13(18)19)8-10-4-6-11(9-16)7-5-10/h4-7,12H,8H2,1-3H3,(H,17,20)(H,18,19)/p-1/t12-/m0/s1. The number of carboxylic acids is 1. The van der Waals surface area contributed by atoms with Crippen LogP contribution in [0.2, 0.25) is 0 Å². The van der Waals surface area contributed by atoms with Gasteiger partial charge in [-0.05, 0) is 44.9 Å². The number of aliphatic carboxylic acids is 1. The van der Waals surface area contributed by atoms with E-state index in [-0.39, 0.29) is 6.42 Å². The minimum atomic E-state index is -1.40. The first kappa shape index (κ1) is 16.5. The molecule has 0 fully saturated rings. The Hall–Kier alpha value is -2.55. The summed E-state index contributed by atoms with van der Waals surface area (Å²) < 4.78 is 5.01. The molecule has 21 heavy (non-hydrogen) atoms. The second-order valence-corrected chi connectivity index (χ2v) is 5.53. The number of amides is 1. The Labute approximate surface area is 123 Å². The van der Waals surface area contributed by atoms with Crippen LogP contribution in [0.25, 0.3) is 0 Å². The molecular weight excluding hydrogens is 272 g/mol. The molecule has 6 nitrogen and oxygen atoms in total. The van der Waals surface area contributed by atoms with Gasteiger partial charge in [0.05, 0.1) is 23.6 Å². The van der Waals surface area contributed by atoms with Crippen LogP contribution in [0.4, 0.5) is 4.79 Å². The van der Waals surface area contributed by atoms with E-state index in [0.717, 1.165) is 0 Å². The molecule has 1 atom stereocenters. The highest BCUT2D eigenvalue weighted by Gasteiger charge is 2.20. The molecule has 0 saturated carbocycles. The molecule has 0 spiro atoms. The molecule has 0 bridgehead atoms. The van der Waals surface area contributed by atoms with Crippen molar-refractivity contribution in [2.24, 2.45) is 0 Å². The SMILES string of the molecule is CC(C)(C)OC(=O)N[C@@H](Cc1ccc(C#N)cc1)C(=O)[O-]. The second-order valence-electron chi connectivity index (χ2n) is 5.53. The molecule has 0 aliphatic heterocycles. The number of carbonyl (C=O) groups is 2. The predicted octanol–water partition coefficient (Wildman–Crippen LogP) is 0.744. The van der Waals surface area contributed by atoms with Crippen molar-refractivity contribution in [3.8, 4) is 6.07 Å². The van der Waals surface area contributed by atoms with Crippen LogP contribution in [-0.2, 0) is 16.0 Å². The van der Waals surface area contributed by atoms with Gasteiger partial charge in [0.2, 0.25) is 0 Å². The fourth-order valence-corrected chi connectivity index (χ4v) is 1.59. The lowest BCUT2D eigenvalue weighted by molar-refractivity contribution is -0.308. The summed E-state index contributed by atoms with van der Waals surface area (Å²) in [5.74, 6) is -1.40. The molecule has 0 aliphatic carbocycles. The van der Waals surface area contributed by atoms with Crippen molar-refractivity contribution in [2.75, 3.05) is 0 Å². The van der Waals surface area contributed by atoms with Crippen molar-refractivity contribution in [1.29, 1.82) is 5.26 Å². The minimum absolute atomic E-state index is 0.0489. The molecule has 0 heterocycles. The van der Waals surface area contributed by atoms with Gasteiger partial charge in [-0.25, -0.2) is 4.79 Å². The highest BCUT2D eigenvalue weighted by Crippen LogP contribution is 2.09. The lowest BCUT2D eigenvalue weighted by Crippen LogP contribution is -2.50. The topological polar surface area (TPSA) is 102 Å². The summed E-state index contributed by atoms with van der Waals surface area (Å²) in [6.45, 7) is 5.05. The molecule has 0 saturated heterocycles. The van der Waals surface area contributed by atoms with Crippen molar-refractivity contribution in [2.45, 2.75) is 38.8 Å². The Kier molecular flexibility index (Phi) is 5.30. The number of nitrogens with zero attached hydrogens (tertiary/aromatic N) is 1. The summed E-state index contributed by atoms with van der Waals surface area (Å²) in [6.07, 6.45) is -0.766. The number of nitrogens with one attached hydrogen (secondary N) is 1. The number of carboxylic acid groups (broad SMARTS) is 1. The number of hydrogen-bond donors (Lipinski definition) is 1. The van der Waals surface area contributed by atoms with Crippen LogP contribution >= 0.6 is 0 Å². The smallest absolute Gasteiger partial charge is 0.408 e. The first-order valence-electron chi connectivity index (χ1n) is 6.40. The molecular formula is C15H17N2O4-. The van der Waals surface area contributed by atoms with Crippen LogP contribution in [0.15, 0.2) is 24.3 Å². The quantitative estimate of drug-likeness (QED) is 0.880. The van der Waals surface area contributed by atoms with Gasteiger partial charge in [-0.1, -0.05) is 12.1 Å². The third-order valence-electron chi connectivity index (χ3n) is 2.50. The number of alkyl carbamates (subject to hydrolysis) is 1. The molecule has 1 N–H and O–H groups in total. The van der Waals surface area contributed by atoms with Crippen molar-refractivity contribution < 1.29 is 19.4 Å². The Morgan fingerprint density at radius 3 is 2.33 bits per heavy atom. The second kappa shape index (κ2) is 6.75. The summed E-state index contributed by atoms with van der Waals surface area (Å²) in [5, 5.41) is 22.1. The highest BCUT2D eigenvalue weighted by atomic mass is 16.6. The average molecular weight is 289 g/mol. The van der Waals surface area contributed by atoms with Crippen LogP contribution < -0.4 is 10.4 Å². The summed E-state index contributed by atoms with van der Waals surface area (Å²) in [7, 11) is 0. The van der Waals surface area contributed by atoms with Crippen LogP contribution in [0, 0.1) is 11.3 Å². The largest absolute Gasteiger partial charge is 0.548 e. The van der Waals surface area contributed by atoms with E-state index in [0.29, 0.717) is 11.1 Å².